The molecule has 1 saturated heterocycles. The first-order valence-electron chi connectivity index (χ1n) is 7.35. The van der Waals surface area contributed by atoms with E-state index >= 15 is 0 Å². The maximum absolute atomic E-state index is 12.6. The number of hydrogen-bond donors (Lipinski definition) is 1. The largest absolute Gasteiger partial charge is 0.478 e. The van der Waals surface area contributed by atoms with Crippen LogP contribution in [-0.4, -0.2) is 36.9 Å². The standard InChI is InChI=1S/C16H17NO4S2/c18-16(19)14-10-15(22-11-14)23(20,21)17-8-6-13(7-9-17)12-4-2-1-3-5-12/h1-5,10-11,13H,6-9H2,(H,18,19). The average Bonchev–Trinajstić information content (AvgIpc) is 3.07. The Balaban J connectivity index is 1.72. The molecule has 1 aromatic heterocycles. The number of nitrogens with zero attached hydrogens (tertiary/aromatic N) is 1. The minimum absolute atomic E-state index is 0.0211. The van der Waals surface area contributed by atoms with Gasteiger partial charge in [-0.1, -0.05) is 30.3 Å². The van der Waals surface area contributed by atoms with E-state index in [1.54, 1.807) is 0 Å². The highest BCUT2D eigenvalue weighted by molar-refractivity contribution is 7.91. The molecular weight excluding hydrogens is 334 g/mol. The Kier molecular flexibility index (Phi) is 4.52. The first kappa shape index (κ1) is 16.2. The Morgan fingerprint density at radius 3 is 2.39 bits per heavy atom. The highest BCUT2D eigenvalue weighted by Crippen LogP contribution is 2.32. The quantitative estimate of drug-likeness (QED) is 0.919. The fourth-order valence-corrected chi connectivity index (χ4v) is 5.62. The van der Waals surface area contributed by atoms with Gasteiger partial charge in [0.15, 0.2) is 0 Å². The lowest BCUT2D eigenvalue weighted by Crippen LogP contribution is -2.37. The molecule has 2 heterocycles. The summed E-state index contributed by atoms with van der Waals surface area (Å²) in [5.74, 6) is -0.731. The predicted octanol–water partition coefficient (Wildman–Crippen LogP) is 3.01. The van der Waals surface area contributed by atoms with Crippen LogP contribution in [0.4, 0.5) is 0 Å². The lowest BCUT2D eigenvalue weighted by atomic mass is 9.90. The SMILES string of the molecule is O=C(O)c1csc(S(=O)(=O)N2CCC(c3ccccc3)CC2)c1. The van der Waals surface area contributed by atoms with Crippen molar-refractivity contribution < 1.29 is 18.3 Å². The van der Waals surface area contributed by atoms with Gasteiger partial charge in [0.25, 0.3) is 10.0 Å². The molecule has 1 fully saturated rings. The van der Waals surface area contributed by atoms with Gasteiger partial charge >= 0.3 is 5.97 Å². The Hall–Kier alpha value is -1.70. The highest BCUT2D eigenvalue weighted by atomic mass is 32.2. The van der Waals surface area contributed by atoms with Crippen LogP contribution in [0.25, 0.3) is 0 Å². The van der Waals surface area contributed by atoms with Gasteiger partial charge in [-0.2, -0.15) is 4.31 Å². The molecule has 0 spiro atoms. The van der Waals surface area contributed by atoms with Crippen LogP contribution in [0, 0.1) is 0 Å². The second-order valence-corrected chi connectivity index (χ2v) is 8.62. The van der Waals surface area contributed by atoms with Crippen molar-refractivity contribution in [3.8, 4) is 0 Å². The van der Waals surface area contributed by atoms with Crippen molar-refractivity contribution in [2.24, 2.45) is 0 Å². The van der Waals surface area contributed by atoms with E-state index in [1.807, 2.05) is 18.2 Å². The van der Waals surface area contributed by atoms with E-state index in [9.17, 15) is 13.2 Å². The van der Waals surface area contributed by atoms with Crippen molar-refractivity contribution in [3.63, 3.8) is 0 Å². The number of thiophene rings is 1. The molecule has 0 amide bonds. The number of piperidine rings is 1. The first-order valence-corrected chi connectivity index (χ1v) is 9.67. The number of carboxylic acids is 1. The fraction of sp³-hybridized carbons (Fsp3) is 0.312. The molecule has 0 atom stereocenters. The summed E-state index contributed by atoms with van der Waals surface area (Å²) < 4.78 is 26.8. The van der Waals surface area contributed by atoms with Gasteiger partial charge in [0, 0.05) is 18.5 Å². The van der Waals surface area contributed by atoms with Gasteiger partial charge in [-0.25, -0.2) is 13.2 Å². The monoisotopic (exact) mass is 351 g/mol. The first-order chi connectivity index (χ1) is 11.0. The lowest BCUT2D eigenvalue weighted by Gasteiger charge is -2.31. The molecule has 1 aliphatic heterocycles. The van der Waals surface area contributed by atoms with Gasteiger partial charge in [-0.15, -0.1) is 11.3 Å². The summed E-state index contributed by atoms with van der Waals surface area (Å²) in [6, 6.07) is 11.4. The van der Waals surface area contributed by atoms with Gasteiger partial charge in [0.1, 0.15) is 4.21 Å². The molecule has 23 heavy (non-hydrogen) atoms. The second-order valence-electron chi connectivity index (χ2n) is 5.55. The van der Waals surface area contributed by atoms with Crippen molar-refractivity contribution >= 4 is 27.3 Å². The van der Waals surface area contributed by atoms with E-state index in [-0.39, 0.29) is 9.77 Å². The number of carboxylic acid groups (broad SMARTS) is 1. The van der Waals surface area contributed by atoms with Crippen LogP contribution in [-0.2, 0) is 10.0 Å². The number of carbonyl (C=O) groups is 1. The van der Waals surface area contributed by atoms with E-state index in [4.69, 9.17) is 5.11 Å². The third-order valence-electron chi connectivity index (χ3n) is 4.14. The van der Waals surface area contributed by atoms with Crippen molar-refractivity contribution in [2.75, 3.05) is 13.1 Å². The van der Waals surface area contributed by atoms with Gasteiger partial charge in [-0.3, -0.25) is 0 Å². The van der Waals surface area contributed by atoms with E-state index < -0.39 is 16.0 Å². The Morgan fingerprint density at radius 2 is 1.83 bits per heavy atom. The predicted molar refractivity (Wildman–Crippen MR) is 88.5 cm³/mol. The summed E-state index contributed by atoms with van der Waals surface area (Å²) in [5, 5.41) is 10.3. The van der Waals surface area contributed by atoms with E-state index in [0.717, 1.165) is 24.2 Å². The molecule has 0 radical (unpaired) electrons. The maximum Gasteiger partial charge on any atom is 0.336 e. The average molecular weight is 351 g/mol. The van der Waals surface area contributed by atoms with E-state index in [1.165, 1.54) is 21.3 Å². The Morgan fingerprint density at radius 1 is 1.17 bits per heavy atom. The normalized spacial score (nSPS) is 17.2. The number of aromatic carboxylic acids is 1. The molecule has 3 rings (SSSR count). The van der Waals surface area contributed by atoms with Crippen molar-refractivity contribution in [1.82, 2.24) is 4.31 Å². The summed E-state index contributed by atoms with van der Waals surface area (Å²) in [4.78, 5) is 10.9. The van der Waals surface area contributed by atoms with Crippen LogP contribution in [0.5, 0.6) is 0 Å². The Labute approximate surface area is 139 Å². The summed E-state index contributed by atoms with van der Waals surface area (Å²) in [6.45, 7) is 0.921. The summed E-state index contributed by atoms with van der Waals surface area (Å²) in [6.07, 6.45) is 1.56. The zero-order chi connectivity index (χ0) is 16.4. The molecule has 5 nitrogen and oxygen atoms in total. The lowest BCUT2D eigenvalue weighted by molar-refractivity contribution is 0.0697. The van der Waals surface area contributed by atoms with Gasteiger partial charge in [0.05, 0.1) is 5.56 Å². The molecule has 7 heteroatoms. The topological polar surface area (TPSA) is 74.7 Å². The van der Waals surface area contributed by atoms with Crippen LogP contribution in [0.1, 0.15) is 34.7 Å². The number of rotatable bonds is 4. The summed E-state index contributed by atoms with van der Waals surface area (Å²) in [7, 11) is -3.59. The van der Waals surface area contributed by atoms with Crippen molar-refractivity contribution in [2.45, 2.75) is 23.0 Å². The number of hydrogen-bond acceptors (Lipinski definition) is 4. The summed E-state index contributed by atoms with van der Waals surface area (Å²) >= 11 is 0.965. The number of benzene rings is 1. The molecule has 122 valence electrons. The van der Waals surface area contributed by atoms with E-state index in [0.29, 0.717) is 19.0 Å². The fourth-order valence-electron chi connectivity index (χ4n) is 2.85. The van der Waals surface area contributed by atoms with Gasteiger partial charge < -0.3 is 5.11 Å². The smallest absolute Gasteiger partial charge is 0.336 e. The van der Waals surface area contributed by atoms with Crippen LogP contribution in [0.3, 0.4) is 0 Å². The molecule has 1 aliphatic rings. The van der Waals surface area contributed by atoms with Crippen LogP contribution in [0.2, 0.25) is 0 Å². The third kappa shape index (κ3) is 3.31. The molecule has 0 aliphatic carbocycles. The van der Waals surface area contributed by atoms with Crippen LogP contribution < -0.4 is 0 Å². The minimum Gasteiger partial charge on any atom is -0.478 e. The van der Waals surface area contributed by atoms with Crippen molar-refractivity contribution in [1.29, 1.82) is 0 Å². The molecule has 2 aromatic rings. The van der Waals surface area contributed by atoms with Gasteiger partial charge in [0.2, 0.25) is 0 Å². The van der Waals surface area contributed by atoms with E-state index in [2.05, 4.69) is 12.1 Å². The number of sulfonamides is 1. The molecular formula is C16H17NO4S2. The molecule has 0 unspecified atom stereocenters. The zero-order valence-corrected chi connectivity index (χ0v) is 14.0. The second kappa shape index (κ2) is 6.43. The Bertz CT molecular complexity index is 790. The van der Waals surface area contributed by atoms with Gasteiger partial charge in [-0.05, 0) is 30.4 Å². The highest BCUT2D eigenvalue weighted by Gasteiger charge is 2.31. The minimum atomic E-state index is -3.59. The molecule has 0 bridgehead atoms. The summed E-state index contributed by atoms with van der Waals surface area (Å²) in [5.41, 5.74) is 1.27. The third-order valence-corrected chi connectivity index (χ3v) is 7.46. The molecule has 0 saturated carbocycles. The zero-order valence-electron chi connectivity index (χ0n) is 12.4. The molecule has 1 N–H and O–H groups in total. The molecule has 1 aromatic carbocycles. The maximum atomic E-state index is 12.6. The van der Waals surface area contributed by atoms with Crippen molar-refractivity contribution in [3.05, 3.63) is 52.9 Å². The van der Waals surface area contributed by atoms with Crippen LogP contribution >= 0.6 is 11.3 Å². The van der Waals surface area contributed by atoms with Crippen LogP contribution in [0.15, 0.2) is 46.0 Å².